The first-order valence-corrected chi connectivity index (χ1v) is 5.09. The molecule has 1 aromatic rings. The minimum absolute atomic E-state index is 0.128. The zero-order chi connectivity index (χ0) is 10.5. The lowest BCUT2D eigenvalue weighted by Gasteiger charge is -2.29. The summed E-state index contributed by atoms with van der Waals surface area (Å²) in [7, 11) is 2.03. The molecule has 0 saturated carbocycles. The Labute approximate surface area is 84.9 Å². The second-order valence-corrected chi connectivity index (χ2v) is 5.19. The summed E-state index contributed by atoms with van der Waals surface area (Å²) in [6, 6.07) is 0. The summed E-state index contributed by atoms with van der Waals surface area (Å²) < 4.78 is 2.10. The summed E-state index contributed by atoms with van der Waals surface area (Å²) in [5.74, 6) is 0.314. The molecule has 0 aliphatic heterocycles. The zero-order valence-corrected chi connectivity index (χ0v) is 9.35. The average Bonchev–Trinajstić information content (AvgIpc) is 2.24. The Balaban J connectivity index is 2.58. The molecular formula is C12H17NO. The van der Waals surface area contributed by atoms with Crippen molar-refractivity contribution < 1.29 is 4.79 Å². The van der Waals surface area contributed by atoms with E-state index in [1.54, 1.807) is 0 Å². The zero-order valence-electron chi connectivity index (χ0n) is 9.35. The number of ketones is 1. The van der Waals surface area contributed by atoms with Crippen molar-refractivity contribution in [1.29, 1.82) is 0 Å². The normalized spacial score (nSPS) is 19.6. The molecule has 1 aliphatic carbocycles. The molecule has 0 N–H and O–H groups in total. The van der Waals surface area contributed by atoms with Gasteiger partial charge in [-0.25, -0.2) is 0 Å². The largest absolute Gasteiger partial charge is 0.353 e. The van der Waals surface area contributed by atoms with Crippen molar-refractivity contribution in [1.82, 2.24) is 4.57 Å². The summed E-state index contributed by atoms with van der Waals surface area (Å²) >= 11 is 0. The van der Waals surface area contributed by atoms with E-state index in [1.165, 1.54) is 5.69 Å². The molecule has 0 radical (unpaired) electrons. The van der Waals surface area contributed by atoms with E-state index in [9.17, 15) is 4.79 Å². The van der Waals surface area contributed by atoms with Gasteiger partial charge < -0.3 is 4.57 Å². The molecule has 1 heterocycles. The molecule has 2 rings (SSSR count). The van der Waals surface area contributed by atoms with Crippen molar-refractivity contribution in [3.63, 3.8) is 0 Å². The number of aryl methyl sites for hydroxylation is 2. The van der Waals surface area contributed by atoms with Crippen LogP contribution in [0.1, 0.15) is 41.9 Å². The van der Waals surface area contributed by atoms with Crippen molar-refractivity contribution in [2.45, 2.75) is 33.6 Å². The average molecular weight is 191 g/mol. The molecule has 0 aromatic carbocycles. The second-order valence-electron chi connectivity index (χ2n) is 5.19. The van der Waals surface area contributed by atoms with Crippen LogP contribution in [0.5, 0.6) is 0 Å². The monoisotopic (exact) mass is 191 g/mol. The van der Waals surface area contributed by atoms with E-state index < -0.39 is 0 Å². The van der Waals surface area contributed by atoms with Crippen LogP contribution in [0.3, 0.4) is 0 Å². The maximum atomic E-state index is 11.9. The molecule has 0 amide bonds. The van der Waals surface area contributed by atoms with E-state index in [0.717, 1.165) is 17.5 Å². The highest BCUT2D eigenvalue weighted by atomic mass is 16.1. The van der Waals surface area contributed by atoms with E-state index in [2.05, 4.69) is 24.6 Å². The van der Waals surface area contributed by atoms with E-state index in [4.69, 9.17) is 0 Å². The highest BCUT2D eigenvalue weighted by Gasteiger charge is 2.33. The van der Waals surface area contributed by atoms with E-state index in [1.807, 2.05) is 14.0 Å². The van der Waals surface area contributed by atoms with Crippen LogP contribution >= 0.6 is 0 Å². The Morgan fingerprint density at radius 1 is 1.36 bits per heavy atom. The molecule has 76 valence electrons. The SMILES string of the molecule is Cc1cn(C)c2c1C(=O)CC(C)(C)C2. The standard InChI is InChI=1S/C12H17NO/c1-8-7-13(4)9-5-12(2,3)6-10(14)11(8)9/h7H,5-6H2,1-4H3. The Kier molecular flexibility index (Phi) is 1.85. The number of carbonyl (C=O) groups excluding carboxylic acids is 1. The minimum Gasteiger partial charge on any atom is -0.353 e. The Hall–Kier alpha value is -1.05. The number of fused-ring (bicyclic) bond motifs is 1. The molecule has 14 heavy (non-hydrogen) atoms. The molecule has 1 aliphatic rings. The first kappa shape index (κ1) is 9.50. The van der Waals surface area contributed by atoms with Gasteiger partial charge in [0.25, 0.3) is 0 Å². The summed E-state index contributed by atoms with van der Waals surface area (Å²) in [5.41, 5.74) is 3.45. The molecular weight excluding hydrogens is 174 g/mol. The van der Waals surface area contributed by atoms with E-state index in [0.29, 0.717) is 12.2 Å². The Morgan fingerprint density at radius 3 is 2.64 bits per heavy atom. The topological polar surface area (TPSA) is 22.0 Å². The summed E-state index contributed by atoms with van der Waals surface area (Å²) in [5, 5.41) is 0. The van der Waals surface area contributed by atoms with Crippen LogP contribution in [0.15, 0.2) is 6.20 Å². The van der Waals surface area contributed by atoms with Gasteiger partial charge in [0.1, 0.15) is 0 Å². The van der Waals surface area contributed by atoms with E-state index >= 15 is 0 Å². The maximum Gasteiger partial charge on any atom is 0.165 e. The van der Waals surface area contributed by atoms with Gasteiger partial charge in [0.05, 0.1) is 0 Å². The van der Waals surface area contributed by atoms with Crippen LogP contribution in [0.25, 0.3) is 0 Å². The fourth-order valence-corrected chi connectivity index (χ4v) is 2.47. The van der Waals surface area contributed by atoms with E-state index in [-0.39, 0.29) is 5.41 Å². The third-order valence-electron chi connectivity index (χ3n) is 3.06. The molecule has 0 fully saturated rings. The quantitative estimate of drug-likeness (QED) is 0.617. The van der Waals surface area contributed by atoms with Crippen molar-refractivity contribution >= 4 is 5.78 Å². The summed E-state index contributed by atoms with van der Waals surface area (Å²) in [6.07, 6.45) is 3.76. The van der Waals surface area contributed by atoms with Crippen LogP contribution in [-0.4, -0.2) is 10.4 Å². The predicted octanol–water partition coefficient (Wildman–Crippen LogP) is 2.49. The first-order chi connectivity index (χ1) is 6.41. The van der Waals surface area contributed by atoms with Gasteiger partial charge >= 0.3 is 0 Å². The Morgan fingerprint density at radius 2 is 2.00 bits per heavy atom. The molecule has 2 heteroatoms. The molecule has 0 unspecified atom stereocenters. The van der Waals surface area contributed by atoms with Gasteiger partial charge in [0.2, 0.25) is 0 Å². The third kappa shape index (κ3) is 1.29. The van der Waals surface area contributed by atoms with Gasteiger partial charge in [-0.2, -0.15) is 0 Å². The van der Waals surface area contributed by atoms with Crippen molar-refractivity contribution in [2.24, 2.45) is 12.5 Å². The van der Waals surface area contributed by atoms with Crippen LogP contribution in [0.2, 0.25) is 0 Å². The number of aromatic nitrogens is 1. The van der Waals surface area contributed by atoms with Crippen LogP contribution in [-0.2, 0) is 13.5 Å². The van der Waals surface area contributed by atoms with Crippen molar-refractivity contribution in [2.75, 3.05) is 0 Å². The summed E-state index contributed by atoms with van der Waals surface area (Å²) in [4.78, 5) is 11.9. The summed E-state index contributed by atoms with van der Waals surface area (Å²) in [6.45, 7) is 6.35. The van der Waals surface area contributed by atoms with Gasteiger partial charge in [-0.15, -0.1) is 0 Å². The van der Waals surface area contributed by atoms with Gasteiger partial charge in [-0.1, -0.05) is 13.8 Å². The minimum atomic E-state index is 0.128. The third-order valence-corrected chi connectivity index (χ3v) is 3.06. The maximum absolute atomic E-state index is 11.9. The molecule has 0 atom stereocenters. The van der Waals surface area contributed by atoms with Crippen LogP contribution in [0.4, 0.5) is 0 Å². The number of nitrogens with zero attached hydrogens (tertiary/aromatic N) is 1. The molecule has 2 nitrogen and oxygen atoms in total. The number of rotatable bonds is 0. The lowest BCUT2D eigenvalue weighted by Crippen LogP contribution is -2.27. The Bertz CT molecular complexity index is 399. The van der Waals surface area contributed by atoms with Crippen LogP contribution < -0.4 is 0 Å². The van der Waals surface area contributed by atoms with Crippen LogP contribution in [0, 0.1) is 12.3 Å². The fraction of sp³-hybridized carbons (Fsp3) is 0.583. The molecule has 0 bridgehead atoms. The first-order valence-electron chi connectivity index (χ1n) is 5.09. The van der Waals surface area contributed by atoms with Gasteiger partial charge in [-0.3, -0.25) is 4.79 Å². The number of Topliss-reactive ketones (excluding diaryl/α,β-unsaturated/α-hetero) is 1. The predicted molar refractivity (Wildman–Crippen MR) is 56.6 cm³/mol. The lowest BCUT2D eigenvalue weighted by atomic mass is 9.75. The lowest BCUT2D eigenvalue weighted by molar-refractivity contribution is 0.0909. The highest BCUT2D eigenvalue weighted by molar-refractivity contribution is 6.00. The van der Waals surface area contributed by atoms with Gasteiger partial charge in [0, 0.05) is 30.9 Å². The molecule has 0 saturated heterocycles. The molecule has 0 spiro atoms. The number of hydrogen-bond donors (Lipinski definition) is 0. The fourth-order valence-electron chi connectivity index (χ4n) is 2.47. The second kappa shape index (κ2) is 2.72. The van der Waals surface area contributed by atoms with Crippen molar-refractivity contribution in [3.05, 3.63) is 23.0 Å². The number of hydrogen-bond acceptors (Lipinski definition) is 1. The van der Waals surface area contributed by atoms with Gasteiger partial charge in [0.15, 0.2) is 5.78 Å². The molecule has 1 aromatic heterocycles. The number of carbonyl (C=O) groups is 1. The smallest absolute Gasteiger partial charge is 0.165 e. The van der Waals surface area contributed by atoms with Crippen molar-refractivity contribution in [3.8, 4) is 0 Å². The van der Waals surface area contributed by atoms with Gasteiger partial charge in [-0.05, 0) is 24.3 Å². The highest BCUT2D eigenvalue weighted by Crippen LogP contribution is 2.36.